The minimum atomic E-state index is -2.19. The maximum atomic E-state index is 8.93. The molecule has 1 aliphatic rings. The van der Waals surface area contributed by atoms with Crippen molar-refractivity contribution in [2.24, 2.45) is 16.8 Å². The van der Waals surface area contributed by atoms with Crippen molar-refractivity contribution < 1.29 is 38.6 Å². The topological polar surface area (TPSA) is 185 Å². The van der Waals surface area contributed by atoms with E-state index in [-0.39, 0.29) is 12.1 Å². The van der Waals surface area contributed by atoms with E-state index in [2.05, 4.69) is 9.42 Å². The number of carbonyl (C=O) groups excluding carboxylic acids is 2. The van der Waals surface area contributed by atoms with Crippen LogP contribution in [-0.2, 0) is 28.4 Å². The first-order chi connectivity index (χ1) is 8.86. The molecule has 4 N–H and O–H groups in total. The van der Waals surface area contributed by atoms with Gasteiger partial charge in [-0.05, 0) is 12.8 Å². The molecule has 0 unspecified atom stereocenters. The molecule has 1 fully saturated rings. The van der Waals surface area contributed by atoms with Crippen LogP contribution < -0.4 is 21.7 Å². The molecule has 1 aliphatic carbocycles. The zero-order valence-corrected chi connectivity index (χ0v) is 12.8. The standard InChI is InChI=1S/C6H14N2.C2H2O4.ClH.HNO2.Pt/c7-5-3-1-2-4-6(5)8;3-1(4)2(5)6;;2-1-3;/h5-6H,1-4,7-8H2;(H,3,4)(H,5,6);1H;(H,2,3);/q;;;;+1/p-4/t5-,6-;;;;/m1..../s1. The first-order valence-electron chi connectivity index (χ1n) is 4.87. The molecule has 9 nitrogen and oxygen atoms in total. The van der Waals surface area contributed by atoms with Crippen LogP contribution in [0.25, 0.3) is 0 Å². The summed E-state index contributed by atoms with van der Waals surface area (Å²) in [6.07, 6.45) is 4.80. The average Bonchev–Trinajstić information content (AvgIpc) is 2.37. The predicted octanol–water partition coefficient (Wildman–Crippen LogP) is -2.36. The Balaban J connectivity index is -0.000000207. The molecule has 1 rings (SSSR count). The van der Waals surface area contributed by atoms with E-state index in [1.807, 2.05) is 0 Å². The molecule has 0 aromatic heterocycles. The molecule has 0 heterocycles. The van der Waals surface area contributed by atoms with Gasteiger partial charge in [-0.15, -0.1) is 5.34 Å². The van der Waals surface area contributed by atoms with Crippen LogP contribution in [0.15, 0.2) is 5.34 Å². The summed E-state index contributed by atoms with van der Waals surface area (Å²) in [5.74, 6) is -4.37. The van der Waals surface area contributed by atoms with Crippen LogP contribution >= 0.6 is 9.42 Å². The van der Waals surface area contributed by atoms with Crippen LogP contribution in [0.2, 0.25) is 0 Å². The average molecular weight is 479 g/mol. The molecule has 0 saturated heterocycles. The molecule has 2 atom stereocenters. The van der Waals surface area contributed by atoms with Gasteiger partial charge in [-0.2, -0.15) is 0 Å². The van der Waals surface area contributed by atoms with Crippen LogP contribution in [-0.4, -0.2) is 24.0 Å². The molecule has 11 heteroatoms. The molecule has 1 saturated carbocycles. The Labute approximate surface area is 125 Å². The number of aliphatic carboxylic acids is 2. The van der Waals surface area contributed by atoms with Crippen molar-refractivity contribution in [2.45, 2.75) is 37.8 Å². The van der Waals surface area contributed by atoms with E-state index in [1.165, 1.54) is 12.8 Å². The SMILES string of the molecule is N[C@@H]1CCCC[C@H]1N.O=C([O-])C(=O)[O-].O=N[O-].[Cl][Pt]. The summed E-state index contributed by atoms with van der Waals surface area (Å²) >= 11 is 1.61. The van der Waals surface area contributed by atoms with Gasteiger partial charge < -0.3 is 41.4 Å². The van der Waals surface area contributed by atoms with Crippen molar-refractivity contribution in [1.82, 2.24) is 0 Å². The van der Waals surface area contributed by atoms with E-state index >= 15 is 0 Å². The van der Waals surface area contributed by atoms with Gasteiger partial charge in [0.25, 0.3) is 0 Å². The number of hydrogen-bond donors (Lipinski definition) is 2. The first kappa shape index (κ1) is 23.3. The summed E-state index contributed by atoms with van der Waals surface area (Å²) in [6, 6.07) is 0.562. The molecule has 0 bridgehead atoms. The van der Waals surface area contributed by atoms with Crippen molar-refractivity contribution in [3.05, 3.63) is 10.1 Å². The number of nitrogens with two attached hydrogens (primary N) is 2. The summed E-state index contributed by atoms with van der Waals surface area (Å²) in [5, 5.41) is 26.9. The molecule has 0 radical (unpaired) electrons. The number of hydrogen-bond acceptors (Lipinski definition) is 9. The Hall–Kier alpha value is -0.762. The summed E-state index contributed by atoms with van der Waals surface area (Å²) in [7, 11) is 4.61. The Morgan fingerprint density at radius 2 is 1.26 bits per heavy atom. The molecule has 117 valence electrons. The summed E-state index contributed by atoms with van der Waals surface area (Å²) in [4.78, 5) is 25.9. The van der Waals surface area contributed by atoms with Crippen LogP contribution in [0.3, 0.4) is 0 Å². The number of carboxylic acids is 2. The van der Waals surface area contributed by atoms with Crippen molar-refractivity contribution >= 4 is 21.4 Å². The Morgan fingerprint density at radius 1 is 1.05 bits per heavy atom. The summed E-state index contributed by atoms with van der Waals surface area (Å²) in [5.41, 5.74) is 11.3. The Bertz CT molecular complexity index is 237. The second-order valence-corrected chi connectivity index (χ2v) is 3.26. The van der Waals surface area contributed by atoms with E-state index in [4.69, 9.17) is 41.4 Å². The van der Waals surface area contributed by atoms with E-state index in [9.17, 15) is 0 Å². The van der Waals surface area contributed by atoms with Crippen molar-refractivity contribution in [3.63, 3.8) is 0 Å². The third kappa shape index (κ3) is 19.7. The zero-order chi connectivity index (χ0) is 15.8. The quantitative estimate of drug-likeness (QED) is 0.220. The van der Waals surface area contributed by atoms with Gasteiger partial charge in [0.2, 0.25) is 0 Å². The van der Waals surface area contributed by atoms with Gasteiger partial charge in [0.05, 0.1) is 11.9 Å². The van der Waals surface area contributed by atoms with Gasteiger partial charge >= 0.3 is 28.2 Å². The van der Waals surface area contributed by atoms with E-state index in [1.54, 1.807) is 18.8 Å². The minimum absolute atomic E-state index is 0.281. The van der Waals surface area contributed by atoms with E-state index in [0.717, 1.165) is 18.2 Å². The van der Waals surface area contributed by atoms with Gasteiger partial charge in [-0.1, -0.05) is 12.8 Å². The molecular weight excluding hydrogens is 465 g/mol. The molecule has 19 heavy (non-hydrogen) atoms. The Morgan fingerprint density at radius 3 is 1.37 bits per heavy atom. The predicted molar refractivity (Wildman–Crippen MR) is 59.4 cm³/mol. The van der Waals surface area contributed by atoms with E-state index in [0.29, 0.717) is 0 Å². The van der Waals surface area contributed by atoms with Gasteiger partial charge in [0, 0.05) is 12.1 Å². The molecule has 0 amide bonds. The first-order valence-corrected chi connectivity index (χ1v) is 7.68. The second-order valence-electron chi connectivity index (χ2n) is 3.26. The number of halogens is 1. The van der Waals surface area contributed by atoms with Gasteiger partial charge in [0.15, 0.2) is 0 Å². The fourth-order valence-corrected chi connectivity index (χ4v) is 1.19. The van der Waals surface area contributed by atoms with Crippen molar-refractivity contribution in [3.8, 4) is 0 Å². The van der Waals surface area contributed by atoms with Gasteiger partial charge in [-0.3, -0.25) is 0 Å². The molecular formula is C8H14ClN3O6Pt-3. The van der Waals surface area contributed by atoms with Crippen LogP contribution in [0.4, 0.5) is 0 Å². The zero-order valence-electron chi connectivity index (χ0n) is 9.73. The maximum absolute atomic E-state index is 8.93. The Kier molecular flexibility index (Phi) is 21.2. The van der Waals surface area contributed by atoms with Crippen molar-refractivity contribution in [1.29, 1.82) is 0 Å². The monoisotopic (exact) mass is 478 g/mol. The molecule has 0 spiro atoms. The molecule has 0 aromatic carbocycles. The normalized spacial score (nSPS) is 20.1. The van der Waals surface area contributed by atoms with Crippen LogP contribution in [0, 0.1) is 10.1 Å². The number of rotatable bonds is 0. The van der Waals surface area contributed by atoms with Crippen LogP contribution in [0.5, 0.6) is 0 Å². The van der Waals surface area contributed by atoms with E-state index < -0.39 is 11.9 Å². The molecule has 0 aliphatic heterocycles. The van der Waals surface area contributed by atoms with Gasteiger partial charge in [-0.25, -0.2) is 0 Å². The number of carbonyl (C=O) groups is 2. The summed E-state index contributed by atoms with van der Waals surface area (Å²) in [6.45, 7) is 0. The van der Waals surface area contributed by atoms with Crippen molar-refractivity contribution in [2.75, 3.05) is 0 Å². The third-order valence-electron chi connectivity index (χ3n) is 2.04. The number of nitrogens with zero attached hydrogens (tertiary/aromatic N) is 1. The van der Waals surface area contributed by atoms with Crippen LogP contribution in [0.1, 0.15) is 25.7 Å². The molecule has 0 aromatic rings. The summed E-state index contributed by atoms with van der Waals surface area (Å²) < 4.78 is 0. The third-order valence-corrected chi connectivity index (χ3v) is 2.04. The fraction of sp³-hybridized carbons (Fsp3) is 0.750. The number of carboxylic acid groups (broad SMARTS) is 2. The second kappa shape index (κ2) is 17.2. The van der Waals surface area contributed by atoms with Gasteiger partial charge in [0.1, 0.15) is 0 Å². The fourth-order valence-electron chi connectivity index (χ4n) is 1.19.